The van der Waals surface area contributed by atoms with E-state index in [4.69, 9.17) is 11.6 Å². The molecule has 0 aliphatic carbocycles. The van der Waals surface area contributed by atoms with Gasteiger partial charge in [0, 0.05) is 57.1 Å². The Morgan fingerprint density at radius 1 is 1.05 bits per heavy atom. The molecule has 1 amide bonds. The third-order valence-electron chi connectivity index (χ3n) is 8.11. The summed E-state index contributed by atoms with van der Waals surface area (Å²) in [6.45, 7) is 8.62. The smallest absolute Gasteiger partial charge is 0.361 e. The molecule has 0 spiro atoms. The van der Waals surface area contributed by atoms with E-state index in [1.165, 1.54) is 12.1 Å². The largest absolute Gasteiger partial charge is 0.416 e. The van der Waals surface area contributed by atoms with E-state index in [-0.39, 0.29) is 5.91 Å². The SMILES string of the molecule is CCN(CC)CCCN1CC(=Cc2cn(-c3cccc(C(F)(F)F)c3)c3ccccc23)SC1=C1C(=O)Nc2ccc(Cl)cc21. The molecule has 0 atom stereocenters. The Labute approximate surface area is 264 Å². The van der Waals surface area contributed by atoms with Crippen LogP contribution in [-0.2, 0) is 11.0 Å². The van der Waals surface area contributed by atoms with Crippen LogP contribution in [0.3, 0.4) is 0 Å². The molecule has 0 bridgehead atoms. The van der Waals surface area contributed by atoms with Crippen LogP contribution in [0.15, 0.2) is 82.9 Å². The standard InChI is InChI=1S/C34H32ClF3N4OS/c1-3-40(4-2)15-8-16-41-21-26(44-33(41)31-28-19-24(35)13-14-29(28)39-32(31)43)17-22-20-42(30-12-6-5-11-27(22)30)25-10-7-9-23(18-25)34(36,37)38/h5-7,9-14,17-20H,3-4,8,15-16,21H2,1-2H3,(H,39,43). The molecule has 2 aliphatic heterocycles. The van der Waals surface area contributed by atoms with Crippen molar-refractivity contribution in [1.29, 1.82) is 0 Å². The van der Waals surface area contributed by atoms with Crippen molar-refractivity contribution in [3.8, 4) is 5.69 Å². The third-order valence-corrected chi connectivity index (χ3v) is 9.51. The minimum atomic E-state index is -4.43. The molecule has 6 rings (SSSR count). The molecule has 5 nitrogen and oxygen atoms in total. The molecule has 228 valence electrons. The van der Waals surface area contributed by atoms with E-state index < -0.39 is 11.7 Å². The summed E-state index contributed by atoms with van der Waals surface area (Å²) in [5.74, 6) is -0.152. The number of anilines is 1. The summed E-state index contributed by atoms with van der Waals surface area (Å²) in [6.07, 6.45) is 0.484. The third kappa shape index (κ3) is 6.01. The lowest BCUT2D eigenvalue weighted by atomic mass is 10.1. The van der Waals surface area contributed by atoms with Crippen molar-refractivity contribution < 1.29 is 18.0 Å². The van der Waals surface area contributed by atoms with Gasteiger partial charge in [-0.25, -0.2) is 0 Å². The van der Waals surface area contributed by atoms with Crippen molar-refractivity contribution in [3.05, 3.63) is 105 Å². The lowest BCUT2D eigenvalue weighted by Crippen LogP contribution is -2.28. The van der Waals surface area contributed by atoms with Crippen LogP contribution < -0.4 is 5.32 Å². The van der Waals surface area contributed by atoms with Gasteiger partial charge in [0.1, 0.15) is 0 Å². The zero-order valence-corrected chi connectivity index (χ0v) is 26.0. The Kier molecular flexibility index (Phi) is 8.55. The van der Waals surface area contributed by atoms with Crippen molar-refractivity contribution >= 4 is 57.5 Å². The summed E-state index contributed by atoms with van der Waals surface area (Å²) in [5.41, 5.74) is 3.62. The Hall–Kier alpha value is -3.66. The van der Waals surface area contributed by atoms with Crippen LogP contribution in [0.1, 0.15) is 37.0 Å². The predicted octanol–water partition coefficient (Wildman–Crippen LogP) is 8.75. The molecule has 1 N–H and O–H groups in total. The van der Waals surface area contributed by atoms with E-state index >= 15 is 0 Å². The van der Waals surface area contributed by atoms with Crippen molar-refractivity contribution in [2.24, 2.45) is 0 Å². The monoisotopic (exact) mass is 636 g/mol. The molecule has 1 saturated heterocycles. The van der Waals surface area contributed by atoms with Crippen LogP contribution in [0.5, 0.6) is 0 Å². The van der Waals surface area contributed by atoms with Gasteiger partial charge in [-0.2, -0.15) is 13.2 Å². The number of carbonyl (C=O) groups excluding carboxylic acids is 1. The number of rotatable bonds is 8. The van der Waals surface area contributed by atoms with Crippen LogP contribution in [0.25, 0.3) is 28.2 Å². The first-order chi connectivity index (χ1) is 21.2. The Balaban J connectivity index is 1.40. The topological polar surface area (TPSA) is 40.5 Å². The zero-order valence-electron chi connectivity index (χ0n) is 24.4. The molecule has 2 aliphatic rings. The van der Waals surface area contributed by atoms with Crippen LogP contribution in [0.2, 0.25) is 5.02 Å². The predicted molar refractivity (Wildman–Crippen MR) is 175 cm³/mol. The van der Waals surface area contributed by atoms with Crippen LogP contribution in [-0.4, -0.2) is 53.0 Å². The highest BCUT2D eigenvalue weighted by Crippen LogP contribution is 2.47. The summed E-state index contributed by atoms with van der Waals surface area (Å²) in [6, 6.07) is 18.5. The average Bonchev–Trinajstić information content (AvgIpc) is 3.67. The average molecular weight is 637 g/mol. The number of benzene rings is 3. The number of amides is 1. The van der Waals surface area contributed by atoms with Gasteiger partial charge < -0.3 is 19.7 Å². The van der Waals surface area contributed by atoms with Crippen LogP contribution in [0, 0.1) is 0 Å². The molecule has 0 unspecified atom stereocenters. The number of hydrogen-bond donors (Lipinski definition) is 1. The lowest BCUT2D eigenvalue weighted by Gasteiger charge is -2.23. The van der Waals surface area contributed by atoms with Crippen LogP contribution >= 0.6 is 23.4 Å². The van der Waals surface area contributed by atoms with Crippen molar-refractivity contribution in [3.63, 3.8) is 0 Å². The molecule has 1 fully saturated rings. The maximum atomic E-state index is 13.5. The molecule has 0 radical (unpaired) electrons. The van der Waals surface area contributed by atoms with E-state index in [9.17, 15) is 18.0 Å². The van der Waals surface area contributed by atoms with Gasteiger partial charge in [0.15, 0.2) is 0 Å². The number of halogens is 4. The highest BCUT2D eigenvalue weighted by molar-refractivity contribution is 8.07. The molecular weight excluding hydrogens is 605 g/mol. The van der Waals surface area contributed by atoms with Gasteiger partial charge in [-0.15, -0.1) is 0 Å². The highest BCUT2D eigenvalue weighted by atomic mass is 35.5. The number of alkyl halides is 3. The lowest BCUT2D eigenvalue weighted by molar-refractivity contribution is -0.137. The summed E-state index contributed by atoms with van der Waals surface area (Å²) in [7, 11) is 0. The quantitative estimate of drug-likeness (QED) is 0.196. The number of nitrogens with zero attached hydrogens (tertiary/aromatic N) is 3. The Morgan fingerprint density at radius 3 is 2.61 bits per heavy atom. The van der Waals surface area contributed by atoms with E-state index in [0.29, 0.717) is 22.8 Å². The molecule has 3 aromatic carbocycles. The van der Waals surface area contributed by atoms with Gasteiger partial charge in [-0.3, -0.25) is 4.79 Å². The summed E-state index contributed by atoms with van der Waals surface area (Å²) in [5, 5.41) is 5.36. The fourth-order valence-electron chi connectivity index (χ4n) is 5.86. The molecule has 44 heavy (non-hydrogen) atoms. The molecule has 0 saturated carbocycles. The van der Waals surface area contributed by atoms with E-state index in [0.717, 1.165) is 76.3 Å². The molecular formula is C34H32ClF3N4OS. The molecule has 10 heteroatoms. The summed E-state index contributed by atoms with van der Waals surface area (Å²) < 4.78 is 42.4. The van der Waals surface area contributed by atoms with Crippen molar-refractivity contribution in [2.45, 2.75) is 26.4 Å². The number of hydrogen-bond acceptors (Lipinski definition) is 4. The first-order valence-electron chi connectivity index (χ1n) is 14.6. The first-order valence-corrected chi connectivity index (χ1v) is 15.8. The Bertz CT molecular complexity index is 1790. The minimum Gasteiger partial charge on any atom is -0.361 e. The van der Waals surface area contributed by atoms with Gasteiger partial charge in [-0.1, -0.05) is 61.5 Å². The van der Waals surface area contributed by atoms with E-state index in [2.05, 4.69) is 35.0 Å². The van der Waals surface area contributed by atoms with E-state index in [1.54, 1.807) is 28.5 Å². The van der Waals surface area contributed by atoms with Crippen LogP contribution in [0.4, 0.5) is 18.9 Å². The number of carbonyl (C=O) groups is 1. The van der Waals surface area contributed by atoms with Gasteiger partial charge in [-0.05, 0) is 74.6 Å². The van der Waals surface area contributed by atoms with E-state index in [1.807, 2.05) is 42.6 Å². The number of para-hydroxylation sites is 1. The summed E-state index contributed by atoms with van der Waals surface area (Å²) >= 11 is 7.91. The minimum absolute atomic E-state index is 0.152. The highest BCUT2D eigenvalue weighted by Gasteiger charge is 2.34. The van der Waals surface area contributed by atoms with Gasteiger partial charge in [0.05, 0.1) is 21.7 Å². The number of nitrogens with one attached hydrogen (secondary N) is 1. The number of fused-ring (bicyclic) bond motifs is 2. The number of thioether (sulfide) groups is 1. The van der Waals surface area contributed by atoms with Gasteiger partial charge in [0.2, 0.25) is 0 Å². The number of aromatic nitrogens is 1. The van der Waals surface area contributed by atoms with Gasteiger partial charge >= 0.3 is 6.18 Å². The second-order valence-electron chi connectivity index (χ2n) is 10.9. The maximum Gasteiger partial charge on any atom is 0.416 e. The normalized spacial score (nSPS) is 17.8. The fourth-order valence-corrected chi connectivity index (χ4v) is 7.28. The summed E-state index contributed by atoms with van der Waals surface area (Å²) in [4.78, 5) is 19.0. The first kappa shape index (κ1) is 30.4. The molecule has 4 aromatic rings. The fraction of sp³-hybridized carbons (Fsp3) is 0.265. The zero-order chi connectivity index (χ0) is 31.0. The molecule has 1 aromatic heterocycles. The van der Waals surface area contributed by atoms with Crippen molar-refractivity contribution in [2.75, 3.05) is 38.0 Å². The maximum absolute atomic E-state index is 13.5. The van der Waals surface area contributed by atoms with Gasteiger partial charge in [0.25, 0.3) is 5.91 Å². The second-order valence-corrected chi connectivity index (χ2v) is 12.4. The molecule has 3 heterocycles. The van der Waals surface area contributed by atoms with Crippen molar-refractivity contribution in [1.82, 2.24) is 14.4 Å². The second kappa shape index (κ2) is 12.4. The Morgan fingerprint density at radius 2 is 1.84 bits per heavy atom.